The van der Waals surface area contributed by atoms with Crippen LogP contribution in [-0.2, 0) is 24.7 Å². The molecule has 0 bridgehead atoms. The van der Waals surface area contributed by atoms with Crippen molar-refractivity contribution in [2.45, 2.75) is 38.6 Å². The predicted octanol–water partition coefficient (Wildman–Crippen LogP) is 3.36. The van der Waals surface area contributed by atoms with Crippen LogP contribution >= 0.6 is 11.3 Å². The van der Waals surface area contributed by atoms with Gasteiger partial charge in [0.15, 0.2) is 0 Å². The summed E-state index contributed by atoms with van der Waals surface area (Å²) in [4.78, 5) is 34.3. The van der Waals surface area contributed by atoms with E-state index in [2.05, 4.69) is 16.1 Å². The molecule has 0 spiro atoms. The van der Waals surface area contributed by atoms with Gasteiger partial charge in [0, 0.05) is 44.8 Å². The molecule has 0 radical (unpaired) electrons. The van der Waals surface area contributed by atoms with Gasteiger partial charge in [0.05, 0.1) is 24.2 Å². The molecule has 8 nitrogen and oxygen atoms in total. The second-order valence-corrected chi connectivity index (χ2v) is 10.2. The van der Waals surface area contributed by atoms with Crippen LogP contribution in [0.15, 0.2) is 41.9 Å². The predicted molar refractivity (Wildman–Crippen MR) is 136 cm³/mol. The number of carbonyl (C=O) groups is 2. The van der Waals surface area contributed by atoms with E-state index in [0.29, 0.717) is 31.6 Å². The molecule has 1 aromatic carbocycles. The lowest BCUT2D eigenvalue weighted by molar-refractivity contribution is -0.132. The first kappa shape index (κ1) is 24.9. The lowest BCUT2D eigenvalue weighted by Crippen LogP contribution is -2.48. The topological polar surface area (TPSA) is 80.6 Å². The maximum Gasteiger partial charge on any atom is 0.274 e. The maximum atomic E-state index is 13.3. The van der Waals surface area contributed by atoms with Crippen molar-refractivity contribution in [1.29, 1.82) is 0 Å². The van der Waals surface area contributed by atoms with Gasteiger partial charge in [-0.15, -0.1) is 11.3 Å². The Morgan fingerprint density at radius 2 is 2.03 bits per heavy atom. The molecule has 1 aliphatic heterocycles. The number of likely N-dealkylation sites (tertiary alicyclic amines) is 1. The van der Waals surface area contributed by atoms with Crippen molar-refractivity contribution in [1.82, 2.24) is 24.6 Å². The average Bonchev–Trinajstić information content (AvgIpc) is 3.49. The third kappa shape index (κ3) is 6.08. The highest BCUT2D eigenvalue weighted by molar-refractivity contribution is 7.09. The molecule has 0 aliphatic carbocycles. The van der Waals surface area contributed by atoms with Crippen molar-refractivity contribution >= 4 is 23.2 Å². The molecular weight excluding hydrogens is 462 g/mol. The van der Waals surface area contributed by atoms with Crippen LogP contribution in [0.2, 0.25) is 0 Å². The van der Waals surface area contributed by atoms with Gasteiger partial charge >= 0.3 is 0 Å². The van der Waals surface area contributed by atoms with E-state index >= 15 is 0 Å². The van der Waals surface area contributed by atoms with E-state index in [4.69, 9.17) is 4.74 Å². The van der Waals surface area contributed by atoms with Gasteiger partial charge in [-0.3, -0.25) is 14.3 Å². The van der Waals surface area contributed by atoms with Crippen LogP contribution in [0.3, 0.4) is 0 Å². The minimum atomic E-state index is -0.0871. The zero-order valence-corrected chi connectivity index (χ0v) is 21.6. The number of methoxy groups -OCH3 is 1. The number of aryl methyl sites for hydroxylation is 2. The molecule has 35 heavy (non-hydrogen) atoms. The van der Waals surface area contributed by atoms with Crippen molar-refractivity contribution in [2.75, 3.05) is 27.2 Å². The van der Waals surface area contributed by atoms with Crippen LogP contribution in [0.25, 0.3) is 0 Å². The minimum Gasteiger partial charge on any atom is -0.497 e. The molecule has 9 heteroatoms. The number of hydrogen-bond donors (Lipinski definition) is 0. The standard InChI is InChI=1S/C26H33N5O3S/c1-18-27-21(17-35-18)16-25(32)31-12-8-20(9-13-31)24(15-19-6-5-7-22(14-19)34-4)30(3)26(33)23-10-11-29(2)28-23/h5-7,10-11,14,17,20,24H,8-9,12-13,15-16H2,1-4H3. The van der Waals surface area contributed by atoms with Gasteiger partial charge in [0.1, 0.15) is 11.4 Å². The molecule has 2 amide bonds. The third-order valence-corrected chi connectivity index (χ3v) is 7.59. The fourth-order valence-corrected chi connectivity index (χ4v) is 5.42. The van der Waals surface area contributed by atoms with Crippen molar-refractivity contribution < 1.29 is 14.3 Å². The number of hydrogen-bond acceptors (Lipinski definition) is 6. The third-order valence-electron chi connectivity index (χ3n) is 6.76. The molecule has 4 rings (SSSR count). The van der Waals surface area contributed by atoms with Gasteiger partial charge in [-0.25, -0.2) is 4.98 Å². The number of thiazole rings is 1. The van der Waals surface area contributed by atoms with Gasteiger partial charge in [-0.1, -0.05) is 12.1 Å². The van der Waals surface area contributed by atoms with Crippen LogP contribution in [0.1, 0.15) is 39.6 Å². The summed E-state index contributed by atoms with van der Waals surface area (Å²) in [6.45, 7) is 3.33. The number of rotatable bonds is 8. The average molecular weight is 496 g/mol. The number of nitrogens with zero attached hydrogens (tertiary/aromatic N) is 5. The molecule has 3 heterocycles. The van der Waals surface area contributed by atoms with Crippen LogP contribution in [0.5, 0.6) is 5.75 Å². The Bertz CT molecular complexity index is 1170. The molecule has 186 valence electrons. The molecule has 1 aliphatic rings. The smallest absolute Gasteiger partial charge is 0.274 e. The summed E-state index contributed by atoms with van der Waals surface area (Å²) < 4.78 is 7.06. The van der Waals surface area contributed by atoms with Gasteiger partial charge in [0.2, 0.25) is 5.91 Å². The van der Waals surface area contributed by atoms with E-state index in [1.807, 2.05) is 54.4 Å². The Morgan fingerprint density at radius 3 is 2.66 bits per heavy atom. The number of likely N-dealkylation sites (N-methyl/N-ethyl adjacent to an activating group) is 1. The first-order chi connectivity index (χ1) is 16.8. The summed E-state index contributed by atoms with van der Waals surface area (Å²) in [6.07, 6.45) is 4.53. The van der Waals surface area contributed by atoms with Crippen LogP contribution in [0, 0.1) is 12.8 Å². The number of amides is 2. The number of carbonyl (C=O) groups excluding carboxylic acids is 2. The monoisotopic (exact) mass is 495 g/mol. The van der Waals surface area contributed by atoms with E-state index in [-0.39, 0.29) is 23.8 Å². The first-order valence-corrected chi connectivity index (χ1v) is 12.8. The van der Waals surface area contributed by atoms with E-state index in [9.17, 15) is 9.59 Å². The molecule has 1 unspecified atom stereocenters. The Labute approximate surface area is 210 Å². The largest absolute Gasteiger partial charge is 0.497 e. The Morgan fingerprint density at radius 1 is 1.26 bits per heavy atom. The molecular formula is C26H33N5O3S. The van der Waals surface area contributed by atoms with E-state index < -0.39 is 0 Å². The summed E-state index contributed by atoms with van der Waals surface area (Å²) >= 11 is 1.57. The van der Waals surface area contributed by atoms with Crippen molar-refractivity contribution in [3.8, 4) is 5.75 Å². The quantitative estimate of drug-likeness (QED) is 0.479. The molecule has 0 saturated carbocycles. The van der Waals surface area contributed by atoms with Crippen LogP contribution in [0.4, 0.5) is 0 Å². The summed E-state index contributed by atoms with van der Waals surface area (Å²) in [5, 5.41) is 7.26. The summed E-state index contributed by atoms with van der Waals surface area (Å²) in [5.74, 6) is 1.11. The second-order valence-electron chi connectivity index (χ2n) is 9.17. The highest BCUT2D eigenvalue weighted by Crippen LogP contribution is 2.28. The van der Waals surface area contributed by atoms with Gasteiger partial charge in [-0.05, 0) is 55.9 Å². The first-order valence-electron chi connectivity index (χ1n) is 11.9. The summed E-state index contributed by atoms with van der Waals surface area (Å²) in [5.41, 5.74) is 2.40. The van der Waals surface area contributed by atoms with E-state index in [1.54, 1.807) is 35.4 Å². The Balaban J connectivity index is 1.47. The molecule has 0 N–H and O–H groups in total. The van der Waals surface area contributed by atoms with Crippen LogP contribution < -0.4 is 4.74 Å². The van der Waals surface area contributed by atoms with Crippen molar-refractivity contribution in [2.24, 2.45) is 13.0 Å². The molecule has 1 saturated heterocycles. The van der Waals surface area contributed by atoms with E-state index in [0.717, 1.165) is 34.9 Å². The Kier molecular flexibility index (Phi) is 7.85. The SMILES string of the molecule is COc1cccc(CC(C2CCN(C(=O)Cc3csc(C)n3)CC2)N(C)C(=O)c2ccn(C)n2)c1. The lowest BCUT2D eigenvalue weighted by Gasteiger charge is -2.40. The molecule has 3 aromatic rings. The fourth-order valence-electron chi connectivity index (χ4n) is 4.81. The highest BCUT2D eigenvalue weighted by atomic mass is 32.1. The minimum absolute atomic E-state index is 0.0185. The zero-order valence-electron chi connectivity index (χ0n) is 20.8. The highest BCUT2D eigenvalue weighted by Gasteiger charge is 2.33. The van der Waals surface area contributed by atoms with Gasteiger partial charge in [0.25, 0.3) is 5.91 Å². The molecule has 2 aromatic heterocycles. The maximum absolute atomic E-state index is 13.3. The lowest BCUT2D eigenvalue weighted by atomic mass is 9.84. The van der Waals surface area contributed by atoms with Crippen molar-refractivity contribution in [3.63, 3.8) is 0 Å². The number of piperidine rings is 1. The van der Waals surface area contributed by atoms with Gasteiger partial charge < -0.3 is 14.5 Å². The summed E-state index contributed by atoms with van der Waals surface area (Å²) in [7, 11) is 5.33. The normalized spacial score (nSPS) is 15.1. The van der Waals surface area contributed by atoms with Crippen molar-refractivity contribution in [3.05, 3.63) is 63.9 Å². The molecule has 1 fully saturated rings. The Hall–Kier alpha value is -3.20. The van der Waals surface area contributed by atoms with E-state index in [1.165, 1.54) is 0 Å². The summed E-state index contributed by atoms with van der Waals surface area (Å²) in [6, 6.07) is 9.74. The number of aromatic nitrogens is 3. The van der Waals surface area contributed by atoms with Gasteiger partial charge in [-0.2, -0.15) is 5.10 Å². The zero-order chi connectivity index (χ0) is 24.9. The second kappa shape index (κ2) is 11.0. The fraction of sp³-hybridized carbons (Fsp3) is 0.462. The number of benzene rings is 1. The molecule has 1 atom stereocenters. The number of ether oxygens (including phenoxy) is 1. The van der Waals surface area contributed by atoms with Crippen LogP contribution in [-0.4, -0.2) is 69.7 Å².